The van der Waals surface area contributed by atoms with Crippen LogP contribution in [-0.4, -0.2) is 161 Å². The summed E-state index contributed by atoms with van der Waals surface area (Å²) in [5.74, 6) is -2.39. The van der Waals surface area contributed by atoms with E-state index >= 15 is 8.78 Å². The van der Waals surface area contributed by atoms with Gasteiger partial charge in [0.25, 0.3) is 28.8 Å². The van der Waals surface area contributed by atoms with Crippen molar-refractivity contribution in [2.24, 2.45) is 11.8 Å². The van der Waals surface area contributed by atoms with Gasteiger partial charge < -0.3 is 43.2 Å². The average Bonchev–Trinajstić information content (AvgIpc) is 1.67. The van der Waals surface area contributed by atoms with E-state index in [0.29, 0.717) is 55.3 Å². The minimum Gasteiger partial charge on any atom is -0.366 e. The lowest BCUT2D eigenvalue weighted by Crippen LogP contribution is -2.66. The molecule has 0 spiro atoms. The zero-order valence-corrected chi connectivity index (χ0v) is 61.6. The third-order valence-electron chi connectivity index (χ3n) is 24.3. The zero-order chi connectivity index (χ0) is 75.8. The maximum Gasteiger partial charge on any atom is 0.262 e. The van der Waals surface area contributed by atoms with Gasteiger partial charge >= 0.3 is 0 Å². The number of carbonyl (C=O) groups is 7. The molecule has 25 heteroatoms. The molecule has 2 unspecified atom stereocenters. The predicted molar refractivity (Wildman–Crippen MR) is 402 cm³/mol. The van der Waals surface area contributed by atoms with E-state index < -0.39 is 53.3 Å². The fraction of sp³-hybridized carbons (Fsp3) is 0.393. The molecule has 7 amide bonds. The van der Waals surface area contributed by atoms with Gasteiger partial charge in [-0.2, -0.15) is 0 Å². The third kappa shape index (κ3) is 12.5. The summed E-state index contributed by atoms with van der Waals surface area (Å²) in [7, 11) is 0. The number of likely N-dealkylation sites (tertiary alicyclic amines) is 2. The van der Waals surface area contributed by atoms with Crippen molar-refractivity contribution in [2.75, 3.05) is 85.0 Å². The van der Waals surface area contributed by atoms with Crippen LogP contribution in [0.1, 0.15) is 133 Å². The van der Waals surface area contributed by atoms with E-state index in [2.05, 4.69) is 149 Å². The number of fused-ring (bicyclic) bond motifs is 2. The van der Waals surface area contributed by atoms with Gasteiger partial charge in [0.2, 0.25) is 23.6 Å². The normalized spacial score (nSPS) is 21.0. The maximum absolute atomic E-state index is 15.5. The van der Waals surface area contributed by atoms with Crippen molar-refractivity contribution in [3.8, 4) is 22.3 Å². The second-order valence-electron chi connectivity index (χ2n) is 31.4. The number of rotatable bonds is 18. The number of nitrogens with zero attached hydrogens (tertiary/aromatic N) is 12. The zero-order valence-electron chi connectivity index (χ0n) is 61.6. The number of aryl methyl sites for hydroxylation is 6. The lowest BCUT2D eigenvalue weighted by molar-refractivity contribution is -0.138. The largest absolute Gasteiger partial charge is 0.366 e. The molecule has 10 heterocycles. The first-order valence-corrected chi connectivity index (χ1v) is 37.6. The topological polar surface area (TPSA) is 230 Å². The molecule has 2 atom stereocenters. The van der Waals surface area contributed by atoms with Gasteiger partial charge in [-0.15, -0.1) is 0 Å². The number of imide groups is 3. The lowest BCUT2D eigenvalue weighted by Gasteiger charge is -2.53. The number of carbonyl (C=O) groups excluding carboxylic acids is 7. The predicted octanol–water partition coefficient (Wildman–Crippen LogP) is 11.7. The molecule has 8 fully saturated rings. The van der Waals surface area contributed by atoms with Crippen LogP contribution in [0.15, 0.2) is 118 Å². The summed E-state index contributed by atoms with van der Waals surface area (Å²) in [5, 5.41) is 12.9. The Kier molecular flexibility index (Phi) is 17.5. The van der Waals surface area contributed by atoms with Crippen molar-refractivity contribution < 1.29 is 51.4 Å². The van der Waals surface area contributed by atoms with Crippen molar-refractivity contribution in [1.82, 2.24) is 40.5 Å². The second kappa shape index (κ2) is 27.1. The van der Waals surface area contributed by atoms with Gasteiger partial charge in [0.15, 0.2) is 0 Å². The van der Waals surface area contributed by atoms with Crippen LogP contribution < -0.4 is 30.2 Å². The van der Waals surface area contributed by atoms with Crippen molar-refractivity contribution >= 4 is 75.5 Å². The number of hydrogen-bond donors (Lipinski definition) is 2. The molecule has 10 aliphatic rings. The smallest absolute Gasteiger partial charge is 0.262 e. The number of benzene rings is 6. The first kappa shape index (κ1) is 70.6. The second-order valence-corrected chi connectivity index (χ2v) is 31.4. The molecule has 109 heavy (non-hydrogen) atoms. The number of piperidine rings is 2. The number of amides is 7. The van der Waals surface area contributed by atoms with E-state index in [-0.39, 0.29) is 83.5 Å². The first-order chi connectivity index (χ1) is 52.5. The highest BCUT2D eigenvalue weighted by atomic mass is 19.1. The molecular weight excluding hydrogens is 1390 g/mol. The van der Waals surface area contributed by atoms with Crippen LogP contribution in [0.4, 0.5) is 42.9 Å². The van der Waals surface area contributed by atoms with Crippen LogP contribution in [0.2, 0.25) is 0 Å². The van der Waals surface area contributed by atoms with Crippen molar-refractivity contribution in [3.05, 3.63) is 211 Å². The van der Waals surface area contributed by atoms with Crippen LogP contribution in [0.25, 0.3) is 31.9 Å². The molecule has 2 aliphatic carbocycles. The molecule has 8 aliphatic heterocycles. The average molecular weight is 1470 g/mol. The van der Waals surface area contributed by atoms with Crippen molar-refractivity contribution in [3.63, 3.8) is 0 Å². The highest BCUT2D eigenvalue weighted by molar-refractivity contribution is 6.24. The van der Waals surface area contributed by atoms with Gasteiger partial charge in [-0.1, -0.05) is 34.6 Å². The first-order valence-electron chi connectivity index (χ1n) is 37.6. The quantitative estimate of drug-likeness (QED) is 0.0601. The maximum atomic E-state index is 15.5. The summed E-state index contributed by atoms with van der Waals surface area (Å²) in [6.45, 7) is 35.5. The molecule has 8 aromatic rings. The molecule has 0 bridgehead atoms. The highest BCUT2D eigenvalue weighted by Gasteiger charge is 2.54. The Morgan fingerprint density at radius 3 is 1.35 bits per heavy atom. The molecule has 2 N–H and O–H groups in total. The molecule has 6 saturated heterocycles. The van der Waals surface area contributed by atoms with Gasteiger partial charge in [0.1, 0.15) is 35.2 Å². The Morgan fingerprint density at radius 2 is 0.936 bits per heavy atom. The fourth-order valence-corrected chi connectivity index (χ4v) is 17.5. The fourth-order valence-electron chi connectivity index (χ4n) is 17.5. The van der Waals surface area contributed by atoms with E-state index in [1.807, 2.05) is 37.5 Å². The van der Waals surface area contributed by atoms with Crippen LogP contribution in [-0.2, 0) is 36.8 Å². The number of nitrogens with one attached hydrogen (secondary N) is 2. The van der Waals surface area contributed by atoms with Gasteiger partial charge in [-0.25, -0.2) is 21.9 Å². The molecule has 0 radical (unpaired) electrons. The Hall–Kier alpha value is -11.4. The standard InChI is InChI=1S/C42H40FN7O5.C42H42FN7O4/c1-23-5-6-27(38-24(2)46-55-25(38)3)15-35(23)49(29-9-7-28(8-10-29)42(44-4)13-14-42)20-26-18-47(19-26)30-21-48(22-30)36-17-32-31(16-33(36)43)40(53)50(41(32)54)34-11-12-37(51)45-39(34)52;1-24-5-6-28(39-25(2)46-54-26(39)3)15-36(24)49(31-9-7-30(8-10-31)42(44-4)13-14-42)20-27-18-47(19-27)32-22-48(23-32)37-16-29-21-50(41(53)33(29)17-34(37)43)35-11-12-38(51)45-40(35)52/h5-10,15-17,26,30,34H,11-14,18-22H2,1-3H3,(H,45,51,52);5-10,15-17,27,32,35H,11-14,18-23H2,1-3H3,(H,45,51,52). The van der Waals surface area contributed by atoms with Gasteiger partial charge in [0, 0.05) is 185 Å². The summed E-state index contributed by atoms with van der Waals surface area (Å²) in [6.07, 6.45) is 4.12. The van der Waals surface area contributed by atoms with E-state index in [4.69, 9.17) is 22.2 Å². The molecule has 6 aromatic carbocycles. The Morgan fingerprint density at radius 1 is 0.514 bits per heavy atom. The van der Waals surface area contributed by atoms with Gasteiger partial charge in [0.05, 0.1) is 33.9 Å². The number of anilines is 6. The Bertz CT molecular complexity index is 5180. The van der Waals surface area contributed by atoms with Crippen LogP contribution in [0, 0.1) is 78.2 Å². The van der Waals surface area contributed by atoms with Crippen LogP contribution in [0.5, 0.6) is 0 Å². The van der Waals surface area contributed by atoms with E-state index in [1.54, 1.807) is 6.07 Å². The summed E-state index contributed by atoms with van der Waals surface area (Å²) in [4.78, 5) is 112. The third-order valence-corrected chi connectivity index (χ3v) is 24.3. The number of hydrogen-bond acceptors (Lipinski definition) is 17. The monoisotopic (exact) mass is 1470 g/mol. The summed E-state index contributed by atoms with van der Waals surface area (Å²) < 4.78 is 42.0. The lowest BCUT2D eigenvalue weighted by atomic mass is 9.92. The van der Waals surface area contributed by atoms with E-state index in [9.17, 15) is 33.6 Å². The summed E-state index contributed by atoms with van der Waals surface area (Å²) in [6, 6.07) is 34.3. The van der Waals surface area contributed by atoms with Gasteiger partial charge in [-0.05, 0) is 167 Å². The Balaban J connectivity index is 0.000000159. The molecular formula is C84H82F2N14O9. The molecule has 23 nitrogen and oxygen atoms in total. The van der Waals surface area contributed by atoms with E-state index in [0.717, 1.165) is 161 Å². The Labute approximate surface area is 629 Å². The molecule has 2 aromatic heterocycles. The SMILES string of the molecule is [C-]#[N+]C1(c2ccc(N(CC3CN(C4CN(c5cc6c(cc5F)C(=O)N(C5CCC(=O)NC5=O)C6)C4)C3)c3cc(-c4c(C)noc4C)ccc3C)cc2)CC1.[C-]#[N+]C1(c2ccc(N(CC3CN(C4CN(c5cc6c(cc5F)C(=O)N(C5CCC(=O)NC5=O)C6=O)C4)C3)c3cc(-c4c(C)noc4C)ccc3C)cc2)CC1. The van der Waals surface area contributed by atoms with Crippen molar-refractivity contribution in [1.29, 1.82) is 0 Å². The number of aromatic nitrogens is 2. The van der Waals surface area contributed by atoms with Crippen LogP contribution >= 0.6 is 0 Å². The van der Waals surface area contributed by atoms with Crippen molar-refractivity contribution in [2.45, 2.75) is 135 Å². The minimum atomic E-state index is -1.10. The molecule has 18 rings (SSSR count). The summed E-state index contributed by atoms with van der Waals surface area (Å²) >= 11 is 0. The summed E-state index contributed by atoms with van der Waals surface area (Å²) in [5.41, 5.74) is 15.7. The minimum absolute atomic E-state index is 0.0160. The highest BCUT2D eigenvalue weighted by Crippen LogP contribution is 2.52. The molecule has 556 valence electrons. The van der Waals surface area contributed by atoms with Crippen LogP contribution in [0.3, 0.4) is 0 Å². The van der Waals surface area contributed by atoms with E-state index in [1.165, 1.54) is 22.6 Å². The number of halogens is 2. The molecule has 2 saturated carbocycles. The van der Waals surface area contributed by atoms with Gasteiger partial charge in [-0.3, -0.25) is 58.9 Å².